The first kappa shape index (κ1) is 15.0. The Balaban J connectivity index is 1.72. The van der Waals surface area contributed by atoms with Gasteiger partial charge in [-0.05, 0) is 29.8 Å². The van der Waals surface area contributed by atoms with Crippen LogP contribution in [0.2, 0.25) is 5.02 Å². The second-order valence-electron chi connectivity index (χ2n) is 4.83. The predicted octanol–water partition coefficient (Wildman–Crippen LogP) is 3.10. The summed E-state index contributed by atoms with van der Waals surface area (Å²) in [5.74, 6) is -0.225. The summed E-state index contributed by atoms with van der Waals surface area (Å²) < 4.78 is 32.0. The number of rotatable bonds is 5. The normalized spacial score (nSPS) is 11.9. The maximum Gasteiger partial charge on any atom is 0.217 e. The van der Waals surface area contributed by atoms with Crippen molar-refractivity contribution in [3.8, 4) is 0 Å². The van der Waals surface area contributed by atoms with E-state index in [1.54, 1.807) is 36.4 Å². The van der Waals surface area contributed by atoms with E-state index in [1.165, 1.54) is 0 Å². The number of fused-ring (bicyclic) bond motifs is 1. The lowest BCUT2D eigenvalue weighted by atomic mass is 10.2. The van der Waals surface area contributed by atoms with Crippen molar-refractivity contribution in [3.05, 3.63) is 64.8 Å². The molecule has 0 amide bonds. The standard InChI is InChI=1S/C15H13ClN2O3S/c16-12-7-5-11(6-8-12)9-17-22(19,20)10-14-13-3-1-2-4-15(13)21-18-14/h1-8,17H,9-10H2. The molecule has 22 heavy (non-hydrogen) atoms. The molecule has 1 aromatic heterocycles. The zero-order chi connectivity index (χ0) is 15.6. The fourth-order valence-electron chi connectivity index (χ4n) is 2.07. The van der Waals surface area contributed by atoms with E-state index in [2.05, 4.69) is 9.88 Å². The van der Waals surface area contributed by atoms with Gasteiger partial charge in [-0.25, -0.2) is 13.1 Å². The lowest BCUT2D eigenvalue weighted by Crippen LogP contribution is -2.24. The van der Waals surface area contributed by atoms with Crippen molar-refractivity contribution in [1.29, 1.82) is 0 Å². The van der Waals surface area contributed by atoms with Crippen LogP contribution in [0.25, 0.3) is 11.0 Å². The Hall–Kier alpha value is -1.89. The molecule has 114 valence electrons. The zero-order valence-electron chi connectivity index (χ0n) is 11.5. The van der Waals surface area contributed by atoms with Gasteiger partial charge in [0.25, 0.3) is 0 Å². The first-order valence-corrected chi connectivity index (χ1v) is 8.62. The lowest BCUT2D eigenvalue weighted by Gasteiger charge is -2.05. The van der Waals surface area contributed by atoms with E-state index in [-0.39, 0.29) is 12.3 Å². The Labute approximate surface area is 132 Å². The molecule has 0 unspecified atom stereocenters. The van der Waals surface area contributed by atoms with E-state index in [1.807, 2.05) is 12.1 Å². The molecule has 3 aromatic rings. The number of nitrogens with zero attached hydrogens (tertiary/aromatic N) is 1. The van der Waals surface area contributed by atoms with Gasteiger partial charge in [0.2, 0.25) is 10.0 Å². The van der Waals surface area contributed by atoms with E-state index in [0.29, 0.717) is 21.7 Å². The molecule has 1 heterocycles. The molecular weight excluding hydrogens is 324 g/mol. The molecule has 0 aliphatic heterocycles. The molecular formula is C15H13ClN2O3S. The molecule has 0 radical (unpaired) electrons. The molecule has 0 fully saturated rings. The van der Waals surface area contributed by atoms with Crippen molar-refractivity contribution in [3.63, 3.8) is 0 Å². The summed E-state index contributed by atoms with van der Waals surface area (Å²) in [5.41, 5.74) is 1.81. The third-order valence-corrected chi connectivity index (χ3v) is 4.68. The Morgan fingerprint density at radius 1 is 1.09 bits per heavy atom. The van der Waals surface area contributed by atoms with Gasteiger partial charge in [0.1, 0.15) is 11.4 Å². The van der Waals surface area contributed by atoms with Crippen molar-refractivity contribution in [2.45, 2.75) is 12.3 Å². The minimum absolute atomic E-state index is 0.204. The second-order valence-corrected chi connectivity index (χ2v) is 7.08. The third-order valence-electron chi connectivity index (χ3n) is 3.19. The average Bonchev–Trinajstić information content (AvgIpc) is 2.90. The minimum atomic E-state index is -3.51. The monoisotopic (exact) mass is 336 g/mol. The summed E-state index contributed by atoms with van der Waals surface area (Å²) in [7, 11) is -3.51. The van der Waals surface area contributed by atoms with Crippen LogP contribution >= 0.6 is 11.6 Å². The topological polar surface area (TPSA) is 72.2 Å². The number of aromatic nitrogens is 1. The number of benzene rings is 2. The number of hydrogen-bond donors (Lipinski definition) is 1. The van der Waals surface area contributed by atoms with Crippen LogP contribution in [0.5, 0.6) is 0 Å². The van der Waals surface area contributed by atoms with Gasteiger partial charge in [0.15, 0.2) is 5.58 Å². The predicted molar refractivity (Wildman–Crippen MR) is 84.9 cm³/mol. The Bertz CT molecular complexity index is 889. The largest absolute Gasteiger partial charge is 0.356 e. The number of halogens is 1. The first-order chi connectivity index (χ1) is 10.5. The van der Waals surface area contributed by atoms with Gasteiger partial charge in [-0.15, -0.1) is 0 Å². The second kappa shape index (κ2) is 6.08. The molecule has 0 aliphatic carbocycles. The Kier molecular flexibility index (Phi) is 4.15. The molecule has 0 saturated carbocycles. The van der Waals surface area contributed by atoms with Crippen molar-refractivity contribution in [2.24, 2.45) is 0 Å². The molecule has 0 bridgehead atoms. The van der Waals surface area contributed by atoms with Crippen LogP contribution in [-0.4, -0.2) is 13.6 Å². The van der Waals surface area contributed by atoms with Gasteiger partial charge in [0.05, 0.1) is 0 Å². The summed E-state index contributed by atoms with van der Waals surface area (Å²) in [6, 6.07) is 14.1. The van der Waals surface area contributed by atoms with Crippen LogP contribution in [0.4, 0.5) is 0 Å². The van der Waals surface area contributed by atoms with Gasteiger partial charge in [0, 0.05) is 17.0 Å². The number of sulfonamides is 1. The third kappa shape index (κ3) is 3.47. The van der Waals surface area contributed by atoms with E-state index in [9.17, 15) is 8.42 Å². The van der Waals surface area contributed by atoms with Gasteiger partial charge < -0.3 is 4.52 Å². The molecule has 0 spiro atoms. The summed E-state index contributed by atoms with van der Waals surface area (Å²) >= 11 is 5.79. The highest BCUT2D eigenvalue weighted by Crippen LogP contribution is 2.19. The van der Waals surface area contributed by atoms with E-state index < -0.39 is 10.0 Å². The van der Waals surface area contributed by atoms with Gasteiger partial charge in [-0.3, -0.25) is 0 Å². The molecule has 0 atom stereocenters. The summed E-state index contributed by atoms with van der Waals surface area (Å²) in [6.07, 6.45) is 0. The maximum atomic E-state index is 12.2. The van der Waals surface area contributed by atoms with Crippen LogP contribution in [0.1, 0.15) is 11.3 Å². The summed E-state index contributed by atoms with van der Waals surface area (Å²) in [5, 5.41) is 5.15. The van der Waals surface area contributed by atoms with Crippen LogP contribution in [0, 0.1) is 0 Å². The highest BCUT2D eigenvalue weighted by molar-refractivity contribution is 7.88. The number of para-hydroxylation sites is 1. The maximum absolute atomic E-state index is 12.2. The summed E-state index contributed by atoms with van der Waals surface area (Å²) in [6.45, 7) is 0.204. The zero-order valence-corrected chi connectivity index (χ0v) is 13.1. The quantitative estimate of drug-likeness (QED) is 0.777. The van der Waals surface area contributed by atoms with E-state index >= 15 is 0 Å². The summed E-state index contributed by atoms with van der Waals surface area (Å²) in [4.78, 5) is 0. The Morgan fingerprint density at radius 3 is 2.59 bits per heavy atom. The average molecular weight is 337 g/mol. The van der Waals surface area contributed by atoms with Crippen molar-refractivity contribution >= 4 is 32.6 Å². The fraction of sp³-hybridized carbons (Fsp3) is 0.133. The van der Waals surface area contributed by atoms with Crippen molar-refractivity contribution in [1.82, 2.24) is 9.88 Å². The van der Waals surface area contributed by atoms with E-state index in [0.717, 1.165) is 5.56 Å². The molecule has 1 N–H and O–H groups in total. The molecule has 0 saturated heterocycles. The van der Waals surface area contributed by atoms with Gasteiger partial charge in [-0.1, -0.05) is 41.0 Å². The molecule has 5 nitrogen and oxygen atoms in total. The highest BCUT2D eigenvalue weighted by atomic mass is 35.5. The minimum Gasteiger partial charge on any atom is -0.356 e. The number of nitrogens with one attached hydrogen (secondary N) is 1. The SMILES string of the molecule is O=S(=O)(Cc1noc2ccccc12)NCc1ccc(Cl)cc1. The molecule has 2 aromatic carbocycles. The van der Waals surface area contributed by atoms with Crippen LogP contribution in [0.15, 0.2) is 53.1 Å². The highest BCUT2D eigenvalue weighted by Gasteiger charge is 2.17. The van der Waals surface area contributed by atoms with Crippen LogP contribution < -0.4 is 4.72 Å². The molecule has 3 rings (SSSR count). The van der Waals surface area contributed by atoms with Gasteiger partial charge in [-0.2, -0.15) is 0 Å². The molecule has 7 heteroatoms. The van der Waals surface area contributed by atoms with Crippen molar-refractivity contribution < 1.29 is 12.9 Å². The smallest absolute Gasteiger partial charge is 0.217 e. The van der Waals surface area contributed by atoms with Crippen molar-refractivity contribution in [2.75, 3.05) is 0 Å². The Morgan fingerprint density at radius 2 is 1.82 bits per heavy atom. The fourth-order valence-corrected chi connectivity index (χ4v) is 3.25. The number of hydrogen-bond acceptors (Lipinski definition) is 4. The van der Waals surface area contributed by atoms with Crippen LogP contribution in [0.3, 0.4) is 0 Å². The molecule has 0 aliphatic rings. The first-order valence-electron chi connectivity index (χ1n) is 6.58. The van der Waals surface area contributed by atoms with Gasteiger partial charge >= 0.3 is 0 Å². The van der Waals surface area contributed by atoms with E-state index in [4.69, 9.17) is 16.1 Å². The van der Waals surface area contributed by atoms with Crippen LogP contribution in [-0.2, 0) is 22.3 Å². The lowest BCUT2D eigenvalue weighted by molar-refractivity contribution is 0.448.